The maximum Gasteiger partial charge on any atom is 0.120 e. The predicted octanol–water partition coefficient (Wildman–Crippen LogP) is 2.12. The molecule has 88 valence electrons. The highest BCUT2D eigenvalue weighted by Gasteiger charge is 2.20. The molecule has 1 atom stereocenters. The Morgan fingerprint density at radius 1 is 1.38 bits per heavy atom. The first-order valence-electron chi connectivity index (χ1n) is 5.61. The van der Waals surface area contributed by atoms with Crippen molar-refractivity contribution in [1.29, 1.82) is 0 Å². The maximum absolute atomic E-state index is 9.87. The van der Waals surface area contributed by atoms with E-state index in [0.29, 0.717) is 5.75 Å². The van der Waals surface area contributed by atoms with Gasteiger partial charge in [-0.1, -0.05) is 15.9 Å². The van der Waals surface area contributed by atoms with Gasteiger partial charge < -0.3 is 10.4 Å². The molecule has 0 radical (unpaired) electrons. The first kappa shape index (κ1) is 11.9. The van der Waals surface area contributed by atoms with E-state index in [1.165, 1.54) is 0 Å². The van der Waals surface area contributed by atoms with Crippen LogP contribution < -0.4 is 5.32 Å². The van der Waals surface area contributed by atoms with Crippen LogP contribution in [0.5, 0.6) is 5.75 Å². The van der Waals surface area contributed by atoms with Crippen LogP contribution in [0.4, 0.5) is 0 Å². The van der Waals surface area contributed by atoms with Gasteiger partial charge in [0, 0.05) is 42.3 Å². The van der Waals surface area contributed by atoms with E-state index in [1.807, 2.05) is 12.1 Å². The Balaban J connectivity index is 2.18. The predicted molar refractivity (Wildman–Crippen MR) is 68.7 cm³/mol. The lowest BCUT2D eigenvalue weighted by Crippen LogP contribution is -2.44. The van der Waals surface area contributed by atoms with Crippen molar-refractivity contribution in [2.75, 3.05) is 26.2 Å². The van der Waals surface area contributed by atoms with Crippen LogP contribution in [0.3, 0.4) is 0 Å². The molecule has 3 nitrogen and oxygen atoms in total. The summed E-state index contributed by atoms with van der Waals surface area (Å²) >= 11 is 3.45. The third kappa shape index (κ3) is 2.56. The molecule has 0 amide bonds. The fraction of sp³-hybridized carbons (Fsp3) is 0.500. The molecule has 1 heterocycles. The van der Waals surface area contributed by atoms with Gasteiger partial charge in [-0.2, -0.15) is 0 Å². The minimum absolute atomic E-state index is 0.264. The lowest BCUT2D eigenvalue weighted by Gasteiger charge is -2.33. The molecule has 0 unspecified atom stereocenters. The second kappa shape index (κ2) is 5.17. The highest BCUT2D eigenvalue weighted by molar-refractivity contribution is 9.10. The molecular weight excluding hydrogens is 268 g/mol. The Hall–Kier alpha value is -0.580. The van der Waals surface area contributed by atoms with Gasteiger partial charge in [0.05, 0.1) is 0 Å². The lowest BCUT2D eigenvalue weighted by molar-refractivity contribution is 0.183. The van der Waals surface area contributed by atoms with Gasteiger partial charge in [-0.3, -0.25) is 4.90 Å². The van der Waals surface area contributed by atoms with E-state index < -0.39 is 0 Å². The van der Waals surface area contributed by atoms with Crippen molar-refractivity contribution < 1.29 is 5.11 Å². The van der Waals surface area contributed by atoms with Crippen molar-refractivity contribution in [3.63, 3.8) is 0 Å². The van der Waals surface area contributed by atoms with Crippen molar-refractivity contribution >= 4 is 15.9 Å². The van der Waals surface area contributed by atoms with E-state index in [2.05, 4.69) is 33.1 Å². The maximum atomic E-state index is 9.87. The number of phenols is 1. The normalized spacial score (nSPS) is 19.6. The molecule has 1 saturated heterocycles. The average Bonchev–Trinajstić information content (AvgIpc) is 2.32. The molecule has 0 bridgehead atoms. The van der Waals surface area contributed by atoms with Crippen LogP contribution >= 0.6 is 15.9 Å². The molecule has 1 fully saturated rings. The second-order valence-corrected chi connectivity index (χ2v) is 5.08. The molecule has 0 aliphatic carbocycles. The summed E-state index contributed by atoms with van der Waals surface area (Å²) in [4.78, 5) is 2.39. The van der Waals surface area contributed by atoms with Crippen molar-refractivity contribution in [2.24, 2.45) is 0 Å². The molecular formula is C12H17BrN2O. The summed E-state index contributed by atoms with van der Waals surface area (Å²) < 4.78 is 1.02. The molecule has 0 spiro atoms. The van der Waals surface area contributed by atoms with Crippen molar-refractivity contribution in [1.82, 2.24) is 10.2 Å². The number of rotatable bonds is 2. The molecule has 1 aromatic carbocycles. The molecule has 16 heavy (non-hydrogen) atoms. The second-order valence-electron chi connectivity index (χ2n) is 4.17. The SMILES string of the molecule is C[C@H](c1cc(Br)ccc1O)N1CCNCC1. The van der Waals surface area contributed by atoms with E-state index >= 15 is 0 Å². The Kier molecular flexibility index (Phi) is 3.84. The fourth-order valence-electron chi connectivity index (χ4n) is 2.13. The number of piperazine rings is 1. The number of halogens is 1. The van der Waals surface area contributed by atoms with Crippen LogP contribution in [0.15, 0.2) is 22.7 Å². The number of nitrogens with one attached hydrogen (secondary N) is 1. The molecule has 1 aliphatic rings. The van der Waals surface area contributed by atoms with E-state index in [-0.39, 0.29) is 6.04 Å². The van der Waals surface area contributed by atoms with Gasteiger partial charge >= 0.3 is 0 Å². The zero-order valence-electron chi connectivity index (χ0n) is 9.41. The summed E-state index contributed by atoms with van der Waals surface area (Å²) in [5.41, 5.74) is 0.997. The highest BCUT2D eigenvalue weighted by atomic mass is 79.9. The van der Waals surface area contributed by atoms with Crippen molar-refractivity contribution in [3.05, 3.63) is 28.2 Å². The standard InChI is InChI=1S/C12H17BrN2O/c1-9(15-6-4-14-5-7-15)11-8-10(13)2-3-12(11)16/h2-3,8-9,14,16H,4-7H2,1H3/t9-/m1/s1. The average molecular weight is 285 g/mol. The van der Waals surface area contributed by atoms with E-state index in [4.69, 9.17) is 0 Å². The number of hydrogen-bond acceptors (Lipinski definition) is 3. The third-order valence-corrected chi connectivity index (χ3v) is 3.63. The molecule has 1 aromatic rings. The summed E-state index contributed by atoms with van der Waals surface area (Å²) in [6.07, 6.45) is 0. The number of phenolic OH excluding ortho intramolecular Hbond substituents is 1. The summed E-state index contributed by atoms with van der Waals surface area (Å²) in [6, 6.07) is 5.88. The van der Waals surface area contributed by atoms with Crippen LogP contribution in [0, 0.1) is 0 Å². The van der Waals surface area contributed by atoms with E-state index in [9.17, 15) is 5.11 Å². The van der Waals surface area contributed by atoms with E-state index in [0.717, 1.165) is 36.2 Å². The number of nitrogens with zero attached hydrogens (tertiary/aromatic N) is 1. The number of benzene rings is 1. The summed E-state index contributed by atoms with van der Waals surface area (Å²) in [6.45, 7) is 6.27. The third-order valence-electron chi connectivity index (χ3n) is 3.14. The Bertz CT molecular complexity index is 364. The minimum Gasteiger partial charge on any atom is -0.508 e. The van der Waals surface area contributed by atoms with Crippen molar-refractivity contribution in [2.45, 2.75) is 13.0 Å². The largest absolute Gasteiger partial charge is 0.508 e. The first-order valence-corrected chi connectivity index (χ1v) is 6.41. The van der Waals surface area contributed by atoms with Gasteiger partial charge in [-0.05, 0) is 25.1 Å². The Morgan fingerprint density at radius 2 is 2.06 bits per heavy atom. The van der Waals surface area contributed by atoms with Gasteiger partial charge in [-0.15, -0.1) is 0 Å². The Labute approximate surface area is 105 Å². The molecule has 0 saturated carbocycles. The number of aromatic hydroxyl groups is 1. The highest BCUT2D eigenvalue weighted by Crippen LogP contribution is 2.30. The molecule has 2 rings (SSSR count). The zero-order valence-corrected chi connectivity index (χ0v) is 11.0. The summed E-state index contributed by atoms with van der Waals surface area (Å²) in [7, 11) is 0. The minimum atomic E-state index is 0.264. The summed E-state index contributed by atoms with van der Waals surface area (Å²) in [5.74, 6) is 0.384. The number of hydrogen-bond donors (Lipinski definition) is 2. The van der Waals surface area contributed by atoms with Crippen molar-refractivity contribution in [3.8, 4) is 5.75 Å². The van der Waals surface area contributed by atoms with E-state index in [1.54, 1.807) is 6.07 Å². The van der Waals surface area contributed by atoms with Gasteiger partial charge in [0.25, 0.3) is 0 Å². The monoisotopic (exact) mass is 284 g/mol. The first-order chi connectivity index (χ1) is 7.68. The van der Waals surface area contributed by atoms with Gasteiger partial charge in [0.2, 0.25) is 0 Å². The Morgan fingerprint density at radius 3 is 2.75 bits per heavy atom. The van der Waals surface area contributed by atoms with Crippen LogP contribution in [0.2, 0.25) is 0 Å². The van der Waals surface area contributed by atoms with Gasteiger partial charge in [0.15, 0.2) is 0 Å². The van der Waals surface area contributed by atoms with Crippen LogP contribution in [-0.2, 0) is 0 Å². The van der Waals surface area contributed by atoms with Crippen LogP contribution in [-0.4, -0.2) is 36.2 Å². The quantitative estimate of drug-likeness (QED) is 0.873. The molecule has 4 heteroatoms. The lowest BCUT2D eigenvalue weighted by atomic mass is 10.1. The van der Waals surface area contributed by atoms with Gasteiger partial charge in [-0.25, -0.2) is 0 Å². The molecule has 2 N–H and O–H groups in total. The zero-order chi connectivity index (χ0) is 11.5. The van der Waals surface area contributed by atoms with Gasteiger partial charge in [0.1, 0.15) is 5.75 Å². The molecule has 0 aromatic heterocycles. The summed E-state index contributed by atoms with van der Waals surface area (Å²) in [5, 5.41) is 13.2. The fourth-order valence-corrected chi connectivity index (χ4v) is 2.50. The molecule has 1 aliphatic heterocycles. The topological polar surface area (TPSA) is 35.5 Å². The van der Waals surface area contributed by atoms with Crippen LogP contribution in [0.25, 0.3) is 0 Å². The van der Waals surface area contributed by atoms with Crippen LogP contribution in [0.1, 0.15) is 18.5 Å². The smallest absolute Gasteiger partial charge is 0.120 e.